The zero-order chi connectivity index (χ0) is 9.80. The Morgan fingerprint density at radius 1 is 1.64 bits per heavy atom. The molecule has 2 heterocycles. The first-order valence-corrected chi connectivity index (χ1v) is 4.82. The van der Waals surface area contributed by atoms with Crippen LogP contribution >= 0.6 is 0 Å². The number of aromatic nitrogens is 1. The molecule has 14 heavy (non-hydrogen) atoms. The van der Waals surface area contributed by atoms with Gasteiger partial charge in [-0.2, -0.15) is 0 Å². The molecule has 0 bridgehead atoms. The average Bonchev–Trinajstić information content (AvgIpc) is 2.69. The van der Waals surface area contributed by atoms with Gasteiger partial charge in [-0.25, -0.2) is 9.37 Å². The Bertz CT molecular complexity index is 300. The van der Waals surface area contributed by atoms with E-state index in [0.717, 1.165) is 19.4 Å². The zero-order valence-electron chi connectivity index (χ0n) is 7.87. The Hall–Kier alpha value is -1.16. The highest BCUT2D eigenvalue weighted by molar-refractivity contribution is 5.35. The molecule has 1 atom stereocenters. The van der Waals surface area contributed by atoms with Gasteiger partial charge in [-0.05, 0) is 25.0 Å². The molecular formula is C10H13FN2O. The van der Waals surface area contributed by atoms with Gasteiger partial charge >= 0.3 is 0 Å². The van der Waals surface area contributed by atoms with Crippen LogP contribution in [-0.2, 0) is 4.74 Å². The summed E-state index contributed by atoms with van der Waals surface area (Å²) in [5, 5.41) is 2.94. The first-order valence-electron chi connectivity index (χ1n) is 4.82. The van der Waals surface area contributed by atoms with Crippen LogP contribution in [0.15, 0.2) is 18.3 Å². The summed E-state index contributed by atoms with van der Waals surface area (Å²) in [7, 11) is 0. The lowest BCUT2D eigenvalue weighted by molar-refractivity contribution is 0.120. The number of halogens is 1. The normalized spacial score (nSPS) is 21.1. The van der Waals surface area contributed by atoms with Gasteiger partial charge in [-0.1, -0.05) is 0 Å². The van der Waals surface area contributed by atoms with Crippen molar-refractivity contribution >= 4 is 5.82 Å². The summed E-state index contributed by atoms with van der Waals surface area (Å²) in [5.74, 6) is -0.00602. The standard InChI is InChI=1S/C10H13FN2O/c11-9-4-1-5-12-10(9)13-7-8-3-2-6-14-8/h1,4-5,8H,2-3,6-7H2,(H,12,13). The van der Waals surface area contributed by atoms with Crippen LogP contribution in [0.5, 0.6) is 0 Å². The summed E-state index contributed by atoms with van der Waals surface area (Å²) in [4.78, 5) is 3.90. The first-order chi connectivity index (χ1) is 6.86. The van der Waals surface area contributed by atoms with E-state index in [2.05, 4.69) is 10.3 Å². The van der Waals surface area contributed by atoms with Crippen molar-refractivity contribution in [2.45, 2.75) is 18.9 Å². The maximum absolute atomic E-state index is 13.1. The fourth-order valence-electron chi connectivity index (χ4n) is 1.53. The molecule has 1 aromatic rings. The molecule has 1 aliphatic heterocycles. The quantitative estimate of drug-likeness (QED) is 0.800. The number of rotatable bonds is 3. The lowest BCUT2D eigenvalue weighted by Crippen LogP contribution is -2.19. The van der Waals surface area contributed by atoms with E-state index in [0.29, 0.717) is 12.4 Å². The summed E-state index contributed by atoms with van der Waals surface area (Å²) in [6, 6.07) is 2.97. The number of pyridine rings is 1. The molecule has 0 spiro atoms. The SMILES string of the molecule is Fc1cccnc1NCC1CCCO1. The molecule has 0 aliphatic carbocycles. The average molecular weight is 196 g/mol. The summed E-state index contributed by atoms with van der Waals surface area (Å²) in [6.07, 6.45) is 3.91. The van der Waals surface area contributed by atoms with Crippen LogP contribution in [0.25, 0.3) is 0 Å². The fraction of sp³-hybridized carbons (Fsp3) is 0.500. The van der Waals surface area contributed by atoms with E-state index in [4.69, 9.17) is 4.74 Å². The molecular weight excluding hydrogens is 183 g/mol. The van der Waals surface area contributed by atoms with Crippen LogP contribution < -0.4 is 5.32 Å². The molecule has 2 rings (SSSR count). The third-order valence-electron chi connectivity index (χ3n) is 2.28. The van der Waals surface area contributed by atoms with E-state index in [1.54, 1.807) is 12.3 Å². The fourth-order valence-corrected chi connectivity index (χ4v) is 1.53. The number of nitrogens with one attached hydrogen (secondary N) is 1. The molecule has 76 valence electrons. The summed E-state index contributed by atoms with van der Waals surface area (Å²) in [6.45, 7) is 1.45. The Labute approximate surface area is 82.3 Å². The van der Waals surface area contributed by atoms with Crippen LogP contribution in [0.1, 0.15) is 12.8 Å². The molecule has 0 amide bonds. The van der Waals surface area contributed by atoms with Crippen LogP contribution in [0, 0.1) is 5.82 Å². The van der Waals surface area contributed by atoms with E-state index in [1.165, 1.54) is 6.07 Å². The van der Waals surface area contributed by atoms with Gasteiger partial charge in [-0.3, -0.25) is 0 Å². The van der Waals surface area contributed by atoms with Crippen molar-refractivity contribution in [3.8, 4) is 0 Å². The van der Waals surface area contributed by atoms with Gasteiger partial charge in [0.2, 0.25) is 0 Å². The molecule has 4 heteroatoms. The van der Waals surface area contributed by atoms with Crippen molar-refractivity contribution in [3.05, 3.63) is 24.1 Å². The van der Waals surface area contributed by atoms with Crippen molar-refractivity contribution in [2.24, 2.45) is 0 Å². The van der Waals surface area contributed by atoms with Gasteiger partial charge in [0.1, 0.15) is 0 Å². The monoisotopic (exact) mass is 196 g/mol. The molecule has 1 N–H and O–H groups in total. The molecule has 0 saturated carbocycles. The molecule has 1 fully saturated rings. The topological polar surface area (TPSA) is 34.2 Å². The number of ether oxygens (including phenoxy) is 1. The summed E-state index contributed by atoms with van der Waals surface area (Å²) < 4.78 is 18.5. The maximum Gasteiger partial charge on any atom is 0.165 e. The molecule has 1 aliphatic rings. The Balaban J connectivity index is 1.88. The second-order valence-corrected chi connectivity index (χ2v) is 3.35. The molecule has 0 radical (unpaired) electrons. The maximum atomic E-state index is 13.1. The summed E-state index contributed by atoms with van der Waals surface area (Å²) >= 11 is 0. The first kappa shape index (κ1) is 9.40. The molecule has 0 aromatic carbocycles. The number of hydrogen-bond donors (Lipinski definition) is 1. The zero-order valence-corrected chi connectivity index (χ0v) is 7.87. The smallest absolute Gasteiger partial charge is 0.165 e. The van der Waals surface area contributed by atoms with Crippen LogP contribution in [0.2, 0.25) is 0 Å². The lowest BCUT2D eigenvalue weighted by atomic mass is 10.2. The lowest BCUT2D eigenvalue weighted by Gasteiger charge is -2.11. The van der Waals surface area contributed by atoms with E-state index < -0.39 is 0 Å². The van der Waals surface area contributed by atoms with Crippen molar-refractivity contribution in [1.29, 1.82) is 0 Å². The van der Waals surface area contributed by atoms with E-state index in [-0.39, 0.29) is 11.9 Å². The van der Waals surface area contributed by atoms with Gasteiger partial charge in [0, 0.05) is 19.3 Å². The minimum atomic E-state index is -0.314. The Kier molecular flexibility index (Phi) is 2.93. The van der Waals surface area contributed by atoms with Crippen LogP contribution in [0.4, 0.5) is 10.2 Å². The van der Waals surface area contributed by atoms with Crippen molar-refractivity contribution < 1.29 is 9.13 Å². The molecule has 1 saturated heterocycles. The Morgan fingerprint density at radius 2 is 2.57 bits per heavy atom. The van der Waals surface area contributed by atoms with Gasteiger partial charge in [0.15, 0.2) is 11.6 Å². The number of anilines is 1. The number of nitrogens with zero attached hydrogens (tertiary/aromatic N) is 1. The van der Waals surface area contributed by atoms with Gasteiger partial charge in [0.25, 0.3) is 0 Å². The highest BCUT2D eigenvalue weighted by atomic mass is 19.1. The van der Waals surface area contributed by atoms with E-state index >= 15 is 0 Å². The summed E-state index contributed by atoms with van der Waals surface area (Å²) in [5.41, 5.74) is 0. The Morgan fingerprint density at radius 3 is 3.29 bits per heavy atom. The highest BCUT2D eigenvalue weighted by Gasteiger charge is 2.15. The van der Waals surface area contributed by atoms with E-state index in [1.807, 2.05) is 0 Å². The number of hydrogen-bond acceptors (Lipinski definition) is 3. The largest absolute Gasteiger partial charge is 0.376 e. The van der Waals surface area contributed by atoms with Gasteiger partial charge in [0.05, 0.1) is 6.10 Å². The second-order valence-electron chi connectivity index (χ2n) is 3.35. The molecule has 1 aromatic heterocycles. The van der Waals surface area contributed by atoms with E-state index in [9.17, 15) is 4.39 Å². The van der Waals surface area contributed by atoms with Crippen LogP contribution in [0.3, 0.4) is 0 Å². The third-order valence-corrected chi connectivity index (χ3v) is 2.28. The van der Waals surface area contributed by atoms with Crippen molar-refractivity contribution in [1.82, 2.24) is 4.98 Å². The predicted molar refractivity (Wildman–Crippen MR) is 51.7 cm³/mol. The highest BCUT2D eigenvalue weighted by Crippen LogP contribution is 2.14. The van der Waals surface area contributed by atoms with Gasteiger partial charge in [-0.15, -0.1) is 0 Å². The van der Waals surface area contributed by atoms with Crippen LogP contribution in [-0.4, -0.2) is 24.2 Å². The minimum Gasteiger partial charge on any atom is -0.376 e. The van der Waals surface area contributed by atoms with Gasteiger partial charge < -0.3 is 10.1 Å². The third kappa shape index (κ3) is 2.20. The van der Waals surface area contributed by atoms with Crippen molar-refractivity contribution in [3.63, 3.8) is 0 Å². The second kappa shape index (κ2) is 4.37. The molecule has 1 unspecified atom stereocenters. The van der Waals surface area contributed by atoms with Crippen molar-refractivity contribution in [2.75, 3.05) is 18.5 Å². The molecule has 3 nitrogen and oxygen atoms in total. The predicted octanol–water partition coefficient (Wildman–Crippen LogP) is 1.81. The minimum absolute atomic E-state index is 0.205.